The maximum atomic E-state index is 13.2. The van der Waals surface area contributed by atoms with E-state index in [0.29, 0.717) is 24.2 Å². The number of methoxy groups -OCH3 is 1. The van der Waals surface area contributed by atoms with E-state index in [2.05, 4.69) is 5.32 Å². The number of carbonyl (C=O) groups is 2. The summed E-state index contributed by atoms with van der Waals surface area (Å²) in [5, 5.41) is 12.3. The predicted octanol–water partition coefficient (Wildman–Crippen LogP) is 3.49. The number of carboxylic acids is 1. The topological polar surface area (TPSA) is 113 Å². The molecule has 8 nitrogen and oxygen atoms in total. The van der Waals surface area contributed by atoms with Crippen molar-refractivity contribution in [3.63, 3.8) is 0 Å². The Morgan fingerprint density at radius 3 is 2.38 bits per heavy atom. The Kier molecular flexibility index (Phi) is 7.66. The van der Waals surface area contributed by atoms with E-state index in [-0.39, 0.29) is 27.9 Å². The fourth-order valence-corrected chi connectivity index (χ4v) is 6.02. The van der Waals surface area contributed by atoms with Gasteiger partial charge in [-0.15, -0.1) is 0 Å². The van der Waals surface area contributed by atoms with Crippen molar-refractivity contribution < 1.29 is 27.9 Å². The van der Waals surface area contributed by atoms with E-state index in [4.69, 9.17) is 27.9 Å². The summed E-state index contributed by atoms with van der Waals surface area (Å²) in [5.74, 6) is -1.08. The van der Waals surface area contributed by atoms with E-state index >= 15 is 0 Å². The quantitative estimate of drug-likeness (QED) is 0.573. The van der Waals surface area contributed by atoms with Gasteiger partial charge in [-0.3, -0.25) is 9.59 Å². The van der Waals surface area contributed by atoms with Crippen LogP contribution >= 0.6 is 23.2 Å². The molecule has 2 aromatic rings. The molecule has 3 rings (SSSR count). The molecule has 2 aromatic carbocycles. The Hall–Kier alpha value is -2.33. The number of rotatable bonds is 8. The molecule has 32 heavy (non-hydrogen) atoms. The highest BCUT2D eigenvalue weighted by Gasteiger charge is 2.40. The van der Waals surface area contributed by atoms with Crippen molar-refractivity contribution in [3.05, 3.63) is 58.1 Å². The van der Waals surface area contributed by atoms with E-state index < -0.39 is 34.0 Å². The van der Waals surface area contributed by atoms with Crippen molar-refractivity contribution in [1.82, 2.24) is 9.62 Å². The molecule has 1 saturated heterocycles. The third-order valence-electron chi connectivity index (χ3n) is 5.16. The van der Waals surface area contributed by atoms with E-state index in [9.17, 15) is 23.1 Å². The summed E-state index contributed by atoms with van der Waals surface area (Å²) in [7, 11) is -2.53. The maximum absolute atomic E-state index is 13.2. The highest BCUT2D eigenvalue weighted by atomic mass is 35.5. The molecule has 1 heterocycles. The minimum absolute atomic E-state index is 0.105. The third kappa shape index (κ3) is 5.53. The van der Waals surface area contributed by atoms with Gasteiger partial charge < -0.3 is 15.2 Å². The summed E-state index contributed by atoms with van der Waals surface area (Å²) in [4.78, 5) is 24.3. The molecule has 1 aliphatic rings. The summed E-state index contributed by atoms with van der Waals surface area (Å²) >= 11 is 11.9. The first kappa shape index (κ1) is 24.3. The van der Waals surface area contributed by atoms with Gasteiger partial charge >= 0.3 is 5.97 Å². The van der Waals surface area contributed by atoms with Crippen molar-refractivity contribution >= 4 is 45.1 Å². The first-order chi connectivity index (χ1) is 15.1. The number of carbonyl (C=O) groups excluding carboxylic acids is 1. The SMILES string of the molecule is COc1ccc([C@@H](CC(=O)O)NC(=O)[C@@H]2CCCN2S(=O)(=O)c2cc(Cl)cc(Cl)c2)cc1. The lowest BCUT2D eigenvalue weighted by molar-refractivity contribution is -0.137. The number of sulfonamides is 1. The minimum Gasteiger partial charge on any atom is -0.497 e. The largest absolute Gasteiger partial charge is 0.497 e. The standard InChI is InChI=1S/C21H22Cl2N2O6S/c1-31-16-6-4-13(5-7-16)18(12-20(26)27)24-21(28)19-3-2-8-25(19)32(29,30)17-10-14(22)9-15(23)11-17/h4-7,9-11,18-19H,2-3,8,12H2,1H3,(H,24,28)(H,26,27)/t18-,19+/m1/s1. The second-order valence-electron chi connectivity index (χ2n) is 7.31. The number of benzene rings is 2. The van der Waals surface area contributed by atoms with Gasteiger partial charge in [-0.05, 0) is 48.7 Å². The Balaban J connectivity index is 1.84. The molecule has 0 aromatic heterocycles. The zero-order valence-electron chi connectivity index (χ0n) is 17.1. The van der Waals surface area contributed by atoms with Crippen LogP contribution in [0.5, 0.6) is 5.75 Å². The molecule has 0 aliphatic carbocycles. The summed E-state index contributed by atoms with van der Waals surface area (Å²) in [6.45, 7) is 0.149. The van der Waals surface area contributed by atoms with Crippen LogP contribution < -0.4 is 10.1 Å². The number of nitrogens with zero attached hydrogens (tertiary/aromatic N) is 1. The van der Waals surface area contributed by atoms with E-state index in [0.717, 1.165) is 4.31 Å². The average molecular weight is 501 g/mol. The molecule has 172 valence electrons. The predicted molar refractivity (Wildman–Crippen MR) is 120 cm³/mol. The number of halogens is 2. The number of hydrogen-bond donors (Lipinski definition) is 2. The second kappa shape index (κ2) is 10.1. The molecule has 1 fully saturated rings. The summed E-state index contributed by atoms with van der Waals surface area (Å²) in [6.07, 6.45) is 0.432. The normalized spacial score (nSPS) is 17.7. The van der Waals surface area contributed by atoms with Gasteiger partial charge in [0.05, 0.1) is 24.5 Å². The maximum Gasteiger partial charge on any atom is 0.305 e. The highest BCUT2D eigenvalue weighted by Crippen LogP contribution is 2.30. The van der Waals surface area contributed by atoms with E-state index in [1.807, 2.05) is 0 Å². The molecule has 1 amide bonds. The lowest BCUT2D eigenvalue weighted by atomic mass is 10.0. The van der Waals surface area contributed by atoms with Gasteiger partial charge in [-0.2, -0.15) is 4.31 Å². The van der Waals surface area contributed by atoms with Gasteiger partial charge in [-0.25, -0.2) is 8.42 Å². The Morgan fingerprint density at radius 2 is 1.81 bits per heavy atom. The van der Waals surface area contributed by atoms with Gasteiger partial charge in [0.15, 0.2) is 0 Å². The lowest BCUT2D eigenvalue weighted by Crippen LogP contribution is -2.47. The van der Waals surface area contributed by atoms with Crippen LogP contribution in [-0.4, -0.2) is 49.4 Å². The number of aliphatic carboxylic acids is 1. The molecular weight excluding hydrogens is 479 g/mol. The summed E-state index contributed by atoms with van der Waals surface area (Å²) < 4.78 is 32.6. The molecule has 0 bridgehead atoms. The Labute approximate surface area is 196 Å². The van der Waals surface area contributed by atoms with Gasteiger partial charge in [0.2, 0.25) is 15.9 Å². The molecule has 2 atom stereocenters. The molecule has 1 aliphatic heterocycles. The van der Waals surface area contributed by atoms with Crippen molar-refractivity contribution in [3.8, 4) is 5.75 Å². The summed E-state index contributed by atoms with van der Waals surface area (Å²) in [5.41, 5.74) is 0.565. The zero-order valence-corrected chi connectivity index (χ0v) is 19.5. The van der Waals surface area contributed by atoms with Crippen molar-refractivity contribution in [2.45, 2.75) is 36.2 Å². The Bertz CT molecular complexity index is 1090. The molecule has 0 radical (unpaired) electrons. The van der Waals surface area contributed by atoms with Crippen LogP contribution in [0.1, 0.15) is 30.9 Å². The highest BCUT2D eigenvalue weighted by molar-refractivity contribution is 7.89. The number of amides is 1. The first-order valence-electron chi connectivity index (χ1n) is 9.76. The van der Waals surface area contributed by atoms with Crippen LogP contribution in [0, 0.1) is 0 Å². The number of carboxylic acid groups (broad SMARTS) is 1. The first-order valence-corrected chi connectivity index (χ1v) is 12.0. The zero-order chi connectivity index (χ0) is 23.5. The van der Waals surface area contributed by atoms with Gasteiger partial charge in [-0.1, -0.05) is 35.3 Å². The van der Waals surface area contributed by atoms with E-state index in [1.165, 1.54) is 25.3 Å². The fourth-order valence-electron chi connectivity index (χ4n) is 3.63. The van der Waals surface area contributed by atoms with Gasteiger partial charge in [0, 0.05) is 16.6 Å². The third-order valence-corrected chi connectivity index (χ3v) is 7.48. The average Bonchev–Trinajstić information content (AvgIpc) is 3.23. The molecule has 0 spiro atoms. The number of ether oxygens (including phenoxy) is 1. The second-order valence-corrected chi connectivity index (χ2v) is 10.1. The van der Waals surface area contributed by atoms with Gasteiger partial charge in [0.1, 0.15) is 11.8 Å². The summed E-state index contributed by atoms with van der Waals surface area (Å²) in [6, 6.07) is 8.79. The van der Waals surface area contributed by atoms with Crippen LogP contribution in [0.4, 0.5) is 0 Å². The van der Waals surface area contributed by atoms with Crippen LogP contribution in [0.15, 0.2) is 47.4 Å². The molecular formula is C21H22Cl2N2O6S. The number of nitrogens with one attached hydrogen (secondary N) is 1. The fraction of sp³-hybridized carbons (Fsp3) is 0.333. The van der Waals surface area contributed by atoms with Crippen molar-refractivity contribution in [2.75, 3.05) is 13.7 Å². The molecule has 0 unspecified atom stereocenters. The lowest BCUT2D eigenvalue weighted by Gasteiger charge is -2.26. The van der Waals surface area contributed by atoms with Crippen LogP contribution in [-0.2, 0) is 19.6 Å². The van der Waals surface area contributed by atoms with E-state index in [1.54, 1.807) is 24.3 Å². The smallest absolute Gasteiger partial charge is 0.305 e. The van der Waals surface area contributed by atoms with Crippen molar-refractivity contribution in [1.29, 1.82) is 0 Å². The number of hydrogen-bond acceptors (Lipinski definition) is 5. The van der Waals surface area contributed by atoms with Crippen molar-refractivity contribution in [2.24, 2.45) is 0 Å². The van der Waals surface area contributed by atoms with Gasteiger partial charge in [0.25, 0.3) is 0 Å². The van der Waals surface area contributed by atoms with Crippen LogP contribution in [0.3, 0.4) is 0 Å². The van der Waals surface area contributed by atoms with Crippen LogP contribution in [0.25, 0.3) is 0 Å². The minimum atomic E-state index is -4.04. The molecule has 0 saturated carbocycles. The molecule has 2 N–H and O–H groups in total. The molecule has 11 heteroatoms. The Morgan fingerprint density at radius 1 is 1.19 bits per heavy atom. The monoisotopic (exact) mass is 500 g/mol. The van der Waals surface area contributed by atoms with Crippen LogP contribution in [0.2, 0.25) is 10.0 Å².